The van der Waals surface area contributed by atoms with Crippen LogP contribution >= 0.6 is 0 Å². The zero-order valence-corrected chi connectivity index (χ0v) is 13.3. The average molecular weight is 339 g/mol. The molecule has 0 saturated carbocycles. The van der Waals surface area contributed by atoms with Crippen molar-refractivity contribution in [2.75, 3.05) is 5.43 Å². The summed E-state index contributed by atoms with van der Waals surface area (Å²) >= 11 is 0. The third-order valence-corrected chi connectivity index (χ3v) is 3.05. The number of anilines is 1. The number of nitrogens with one attached hydrogen (secondary N) is 2. The number of benzene rings is 1. The predicted octanol–water partition coefficient (Wildman–Crippen LogP) is 2.93. The number of hydrazone groups is 1. The highest BCUT2D eigenvalue weighted by molar-refractivity contribution is 5.82. The van der Waals surface area contributed by atoms with Gasteiger partial charge in [0.2, 0.25) is 5.95 Å². The summed E-state index contributed by atoms with van der Waals surface area (Å²) in [5.74, 6) is -0.0614. The molecule has 0 unspecified atom stereocenters. The summed E-state index contributed by atoms with van der Waals surface area (Å²) in [6.07, 6.45) is -3.48. The van der Waals surface area contributed by atoms with Crippen LogP contribution in [0.3, 0.4) is 0 Å². The Kier molecular flexibility index (Phi) is 4.72. The molecule has 128 valence electrons. The van der Waals surface area contributed by atoms with Gasteiger partial charge in [0, 0.05) is 11.0 Å². The highest BCUT2D eigenvalue weighted by atomic mass is 19.4. The average Bonchev–Trinajstić information content (AvgIpc) is 2.45. The second-order valence-electron chi connectivity index (χ2n) is 6.06. The van der Waals surface area contributed by atoms with Gasteiger partial charge in [-0.25, -0.2) is 5.43 Å². The van der Waals surface area contributed by atoms with Gasteiger partial charge in [0.25, 0.3) is 5.56 Å². The largest absolute Gasteiger partial charge is 0.417 e. The van der Waals surface area contributed by atoms with Crippen molar-refractivity contribution in [1.82, 2.24) is 15.2 Å². The zero-order chi connectivity index (χ0) is 18.0. The molecule has 0 radical (unpaired) electrons. The predicted molar refractivity (Wildman–Crippen MR) is 84.0 cm³/mol. The topological polar surface area (TPSA) is 83.0 Å². The fourth-order valence-corrected chi connectivity index (χ4v) is 1.91. The molecule has 0 fully saturated rings. The smallest absolute Gasteiger partial charge is 0.288 e. The summed E-state index contributed by atoms with van der Waals surface area (Å²) in [6, 6.07) is 5.00. The van der Waals surface area contributed by atoms with E-state index in [1.165, 1.54) is 18.2 Å². The van der Waals surface area contributed by atoms with Gasteiger partial charge in [-0.2, -0.15) is 18.3 Å². The molecule has 0 spiro atoms. The molecule has 9 heteroatoms. The van der Waals surface area contributed by atoms with Crippen LogP contribution in [-0.4, -0.2) is 21.4 Å². The molecule has 1 aromatic heterocycles. The Morgan fingerprint density at radius 2 is 1.83 bits per heavy atom. The molecule has 0 bridgehead atoms. The standard InChI is InChI=1S/C15H16F3N5O/c1-14(2,3)11-12(24)20-13(23-21-11)22-19-8-9-6-4-5-7-10(9)15(16,17)18/h4-8H,1-3H3,(H2,20,22,23,24)/b19-8+. The van der Waals surface area contributed by atoms with Crippen molar-refractivity contribution in [3.05, 3.63) is 51.4 Å². The molecule has 1 aromatic carbocycles. The van der Waals surface area contributed by atoms with Gasteiger partial charge in [-0.3, -0.25) is 9.78 Å². The number of hydrogen-bond donors (Lipinski definition) is 2. The Bertz CT molecular complexity index is 806. The van der Waals surface area contributed by atoms with Crippen LogP contribution in [0.4, 0.5) is 19.1 Å². The molecule has 0 aliphatic heterocycles. The van der Waals surface area contributed by atoms with Gasteiger partial charge in [0.05, 0.1) is 11.8 Å². The second-order valence-corrected chi connectivity index (χ2v) is 6.06. The number of rotatable bonds is 3. The molecular formula is C15H16F3N5O. The van der Waals surface area contributed by atoms with Crippen molar-refractivity contribution in [2.24, 2.45) is 5.10 Å². The molecule has 2 aromatic rings. The van der Waals surface area contributed by atoms with Crippen LogP contribution in [0, 0.1) is 0 Å². The summed E-state index contributed by atoms with van der Waals surface area (Å²) in [4.78, 5) is 14.3. The van der Waals surface area contributed by atoms with E-state index in [0.29, 0.717) is 0 Å². The summed E-state index contributed by atoms with van der Waals surface area (Å²) in [7, 11) is 0. The van der Waals surface area contributed by atoms with Crippen molar-refractivity contribution < 1.29 is 13.2 Å². The first kappa shape index (κ1) is 17.6. The van der Waals surface area contributed by atoms with Crippen molar-refractivity contribution >= 4 is 12.2 Å². The number of H-pyrrole nitrogens is 1. The molecule has 2 rings (SSSR count). The summed E-state index contributed by atoms with van der Waals surface area (Å²) in [6.45, 7) is 5.43. The Hall–Kier alpha value is -2.71. The second kappa shape index (κ2) is 6.42. The zero-order valence-electron chi connectivity index (χ0n) is 13.3. The molecule has 0 saturated heterocycles. The lowest BCUT2D eigenvalue weighted by molar-refractivity contribution is -0.137. The van der Waals surface area contributed by atoms with Crippen LogP contribution < -0.4 is 11.0 Å². The Labute approximate surface area is 135 Å². The summed E-state index contributed by atoms with van der Waals surface area (Å²) < 4.78 is 38.6. The van der Waals surface area contributed by atoms with Crippen LogP contribution in [0.2, 0.25) is 0 Å². The normalized spacial score (nSPS) is 12.6. The third kappa shape index (κ3) is 4.18. The van der Waals surface area contributed by atoms with E-state index in [2.05, 4.69) is 25.7 Å². The molecule has 0 aliphatic carbocycles. The highest BCUT2D eigenvalue weighted by Gasteiger charge is 2.32. The van der Waals surface area contributed by atoms with Gasteiger partial charge >= 0.3 is 6.18 Å². The molecule has 6 nitrogen and oxygen atoms in total. The summed E-state index contributed by atoms with van der Waals surface area (Å²) in [5.41, 5.74) is 0.777. The number of halogens is 3. The quantitative estimate of drug-likeness (QED) is 0.665. The molecular weight excluding hydrogens is 323 g/mol. The third-order valence-electron chi connectivity index (χ3n) is 3.05. The van der Waals surface area contributed by atoms with E-state index in [1.807, 2.05) is 20.8 Å². The Morgan fingerprint density at radius 1 is 1.17 bits per heavy atom. The van der Waals surface area contributed by atoms with Crippen molar-refractivity contribution in [2.45, 2.75) is 32.4 Å². The molecule has 2 N–H and O–H groups in total. The van der Waals surface area contributed by atoms with Gasteiger partial charge in [0.1, 0.15) is 5.69 Å². The fourth-order valence-electron chi connectivity index (χ4n) is 1.91. The SMILES string of the molecule is CC(C)(C)c1nnc(N/N=C/c2ccccc2C(F)(F)F)[nH]c1=O. The number of hydrogen-bond acceptors (Lipinski definition) is 5. The molecule has 0 aliphatic rings. The number of nitrogens with zero attached hydrogens (tertiary/aromatic N) is 3. The van der Waals surface area contributed by atoms with E-state index >= 15 is 0 Å². The Morgan fingerprint density at radius 3 is 2.42 bits per heavy atom. The van der Waals surface area contributed by atoms with E-state index in [4.69, 9.17) is 0 Å². The lowest BCUT2D eigenvalue weighted by atomic mass is 9.93. The van der Waals surface area contributed by atoms with Gasteiger partial charge in [-0.1, -0.05) is 39.0 Å². The molecule has 0 amide bonds. The molecule has 0 atom stereocenters. The number of aromatic amines is 1. The van der Waals surface area contributed by atoms with Gasteiger partial charge < -0.3 is 0 Å². The summed E-state index contributed by atoms with van der Waals surface area (Å²) in [5, 5.41) is 11.2. The van der Waals surface area contributed by atoms with Gasteiger partial charge in [0.15, 0.2) is 0 Å². The first-order valence-electron chi connectivity index (χ1n) is 7.02. The van der Waals surface area contributed by atoms with E-state index in [0.717, 1.165) is 12.3 Å². The lowest BCUT2D eigenvalue weighted by Crippen LogP contribution is -2.28. The van der Waals surface area contributed by atoms with E-state index in [9.17, 15) is 18.0 Å². The maximum Gasteiger partial charge on any atom is 0.417 e. The molecule has 24 heavy (non-hydrogen) atoms. The Balaban J connectivity index is 2.19. The lowest BCUT2D eigenvalue weighted by Gasteiger charge is -2.15. The first-order valence-corrected chi connectivity index (χ1v) is 7.02. The van der Waals surface area contributed by atoms with Gasteiger partial charge in [-0.15, -0.1) is 10.2 Å². The van der Waals surface area contributed by atoms with Crippen LogP contribution in [0.25, 0.3) is 0 Å². The van der Waals surface area contributed by atoms with Crippen LogP contribution in [0.5, 0.6) is 0 Å². The van der Waals surface area contributed by atoms with Crippen molar-refractivity contribution in [3.8, 4) is 0 Å². The first-order chi connectivity index (χ1) is 11.1. The van der Waals surface area contributed by atoms with Crippen LogP contribution in [0.1, 0.15) is 37.6 Å². The van der Waals surface area contributed by atoms with Crippen molar-refractivity contribution in [1.29, 1.82) is 0 Å². The number of alkyl halides is 3. The minimum absolute atomic E-state index is 0.0614. The van der Waals surface area contributed by atoms with E-state index in [1.54, 1.807) is 0 Å². The maximum absolute atomic E-state index is 12.9. The minimum Gasteiger partial charge on any atom is -0.288 e. The van der Waals surface area contributed by atoms with Crippen LogP contribution in [-0.2, 0) is 11.6 Å². The van der Waals surface area contributed by atoms with Crippen LogP contribution in [0.15, 0.2) is 34.2 Å². The fraction of sp³-hybridized carbons (Fsp3) is 0.333. The minimum atomic E-state index is -4.48. The highest BCUT2D eigenvalue weighted by Crippen LogP contribution is 2.31. The maximum atomic E-state index is 12.9. The monoisotopic (exact) mass is 339 g/mol. The van der Waals surface area contributed by atoms with Gasteiger partial charge in [-0.05, 0) is 6.07 Å². The number of aromatic nitrogens is 3. The van der Waals surface area contributed by atoms with E-state index in [-0.39, 0.29) is 17.2 Å². The van der Waals surface area contributed by atoms with E-state index < -0.39 is 22.7 Å². The molecule has 1 heterocycles. The van der Waals surface area contributed by atoms with Crippen molar-refractivity contribution in [3.63, 3.8) is 0 Å².